The first-order chi connectivity index (χ1) is 10.7. The molecule has 4 nitrogen and oxygen atoms in total. The van der Waals surface area contributed by atoms with Gasteiger partial charge in [-0.2, -0.15) is 0 Å². The molecule has 0 aliphatic rings. The van der Waals surface area contributed by atoms with Crippen molar-refractivity contribution < 1.29 is 9.53 Å². The Labute approximate surface area is 139 Å². The topological polar surface area (TPSA) is 50.4 Å². The predicted molar refractivity (Wildman–Crippen MR) is 92.5 cm³/mol. The summed E-state index contributed by atoms with van der Waals surface area (Å²) in [4.78, 5) is 11.9. The fourth-order valence-corrected chi connectivity index (χ4v) is 2.25. The second-order valence-corrected chi connectivity index (χ2v) is 5.61. The summed E-state index contributed by atoms with van der Waals surface area (Å²) in [6, 6.07) is 15.1. The molecule has 0 atom stereocenters. The van der Waals surface area contributed by atoms with E-state index in [9.17, 15) is 4.79 Å². The molecule has 116 valence electrons. The molecule has 0 aliphatic heterocycles. The molecule has 2 aromatic rings. The number of hydrogen-bond acceptors (Lipinski definition) is 2. The molecule has 2 N–H and O–H groups in total. The van der Waals surface area contributed by atoms with Gasteiger partial charge in [-0.15, -0.1) is 0 Å². The number of carbonyl (C=O) groups is 1. The van der Waals surface area contributed by atoms with Gasteiger partial charge in [0.05, 0.1) is 6.54 Å². The fraction of sp³-hybridized carbons (Fsp3) is 0.235. The van der Waals surface area contributed by atoms with Crippen LogP contribution in [0.5, 0.6) is 5.75 Å². The van der Waals surface area contributed by atoms with Crippen LogP contribution in [0, 0.1) is 0 Å². The minimum Gasteiger partial charge on any atom is -0.492 e. The lowest BCUT2D eigenvalue weighted by Crippen LogP contribution is -2.32. The van der Waals surface area contributed by atoms with Gasteiger partial charge in [0.2, 0.25) is 0 Å². The SMILES string of the molecule is CCc1ccccc1NC(=O)NCCOc1ccc(Br)cc1. The number of aryl methyl sites for hydroxylation is 1. The van der Waals surface area contributed by atoms with Crippen molar-refractivity contribution in [2.24, 2.45) is 0 Å². The van der Waals surface area contributed by atoms with Gasteiger partial charge in [-0.3, -0.25) is 0 Å². The molecule has 0 spiro atoms. The standard InChI is InChI=1S/C17H19BrN2O2/c1-2-13-5-3-4-6-16(13)20-17(21)19-11-12-22-15-9-7-14(18)8-10-15/h3-10H,2,11-12H2,1H3,(H2,19,20,21). The number of anilines is 1. The molecule has 0 saturated heterocycles. The van der Waals surface area contributed by atoms with Crippen LogP contribution >= 0.6 is 15.9 Å². The van der Waals surface area contributed by atoms with Gasteiger partial charge in [0.25, 0.3) is 0 Å². The van der Waals surface area contributed by atoms with Crippen LogP contribution < -0.4 is 15.4 Å². The van der Waals surface area contributed by atoms with Crippen molar-refractivity contribution in [1.29, 1.82) is 0 Å². The highest BCUT2D eigenvalue weighted by Gasteiger charge is 2.04. The van der Waals surface area contributed by atoms with Crippen molar-refractivity contribution in [2.45, 2.75) is 13.3 Å². The Morgan fingerprint density at radius 3 is 2.59 bits per heavy atom. The molecule has 0 fully saturated rings. The second kappa shape index (κ2) is 8.44. The number of benzene rings is 2. The van der Waals surface area contributed by atoms with Crippen molar-refractivity contribution in [1.82, 2.24) is 5.32 Å². The molecule has 0 aliphatic carbocycles. The Kier molecular flexibility index (Phi) is 6.27. The third-order valence-electron chi connectivity index (χ3n) is 3.12. The number of carbonyl (C=O) groups excluding carboxylic acids is 1. The molecule has 0 radical (unpaired) electrons. The number of para-hydroxylation sites is 1. The summed E-state index contributed by atoms with van der Waals surface area (Å²) in [5.41, 5.74) is 1.96. The van der Waals surface area contributed by atoms with E-state index in [1.165, 1.54) is 0 Å². The molecule has 0 saturated carbocycles. The lowest BCUT2D eigenvalue weighted by atomic mass is 10.1. The maximum absolute atomic E-state index is 11.9. The Balaban J connectivity index is 1.72. The van der Waals surface area contributed by atoms with E-state index in [4.69, 9.17) is 4.74 Å². The van der Waals surface area contributed by atoms with Gasteiger partial charge in [-0.25, -0.2) is 4.79 Å². The highest BCUT2D eigenvalue weighted by atomic mass is 79.9. The zero-order valence-corrected chi connectivity index (χ0v) is 14.0. The van der Waals surface area contributed by atoms with E-state index in [0.717, 1.165) is 27.9 Å². The van der Waals surface area contributed by atoms with Crippen LogP contribution in [-0.2, 0) is 6.42 Å². The minimum absolute atomic E-state index is 0.222. The second-order valence-electron chi connectivity index (χ2n) is 4.69. The molecule has 0 heterocycles. The average Bonchev–Trinajstić information content (AvgIpc) is 2.54. The van der Waals surface area contributed by atoms with Crippen molar-refractivity contribution in [3.63, 3.8) is 0 Å². The summed E-state index contributed by atoms with van der Waals surface area (Å²) < 4.78 is 6.55. The van der Waals surface area contributed by atoms with Crippen LogP contribution in [0.15, 0.2) is 53.0 Å². The van der Waals surface area contributed by atoms with Gasteiger partial charge in [0, 0.05) is 10.2 Å². The Morgan fingerprint density at radius 1 is 1.14 bits per heavy atom. The average molecular weight is 363 g/mol. The predicted octanol–water partition coefficient (Wildman–Crippen LogP) is 4.21. The third kappa shape index (κ3) is 5.07. The zero-order valence-electron chi connectivity index (χ0n) is 12.4. The van der Waals surface area contributed by atoms with E-state index in [1.54, 1.807) is 0 Å². The summed E-state index contributed by atoms with van der Waals surface area (Å²) in [7, 11) is 0. The van der Waals surface area contributed by atoms with Gasteiger partial charge in [-0.05, 0) is 42.3 Å². The summed E-state index contributed by atoms with van der Waals surface area (Å²) >= 11 is 3.37. The van der Waals surface area contributed by atoms with Crippen LogP contribution in [0.2, 0.25) is 0 Å². The first-order valence-electron chi connectivity index (χ1n) is 7.20. The molecule has 2 aromatic carbocycles. The van der Waals surface area contributed by atoms with Crippen LogP contribution in [0.25, 0.3) is 0 Å². The van der Waals surface area contributed by atoms with Gasteiger partial charge in [0.15, 0.2) is 0 Å². The van der Waals surface area contributed by atoms with Crippen LogP contribution in [0.3, 0.4) is 0 Å². The van der Waals surface area contributed by atoms with Crippen LogP contribution in [-0.4, -0.2) is 19.2 Å². The lowest BCUT2D eigenvalue weighted by Gasteiger charge is -2.11. The number of urea groups is 1. The highest BCUT2D eigenvalue weighted by molar-refractivity contribution is 9.10. The number of nitrogens with one attached hydrogen (secondary N) is 2. The minimum atomic E-state index is -0.222. The summed E-state index contributed by atoms with van der Waals surface area (Å²) in [5, 5.41) is 5.64. The number of rotatable bonds is 6. The molecule has 2 rings (SSSR count). The molecular weight excluding hydrogens is 344 g/mol. The number of halogens is 1. The molecule has 0 unspecified atom stereocenters. The van der Waals surface area contributed by atoms with Gasteiger partial charge in [-0.1, -0.05) is 41.1 Å². The fourth-order valence-electron chi connectivity index (χ4n) is 1.98. The van der Waals surface area contributed by atoms with Gasteiger partial charge >= 0.3 is 6.03 Å². The van der Waals surface area contributed by atoms with Crippen molar-refractivity contribution >= 4 is 27.6 Å². The zero-order chi connectivity index (χ0) is 15.8. The molecule has 5 heteroatoms. The number of amides is 2. The summed E-state index contributed by atoms with van der Waals surface area (Å²) in [6.45, 7) is 2.92. The van der Waals surface area contributed by atoms with E-state index < -0.39 is 0 Å². The maximum atomic E-state index is 11.9. The monoisotopic (exact) mass is 362 g/mol. The Hall–Kier alpha value is -2.01. The van der Waals surface area contributed by atoms with E-state index >= 15 is 0 Å². The molecular formula is C17H19BrN2O2. The van der Waals surface area contributed by atoms with E-state index in [1.807, 2.05) is 48.5 Å². The van der Waals surface area contributed by atoms with Crippen LogP contribution in [0.1, 0.15) is 12.5 Å². The van der Waals surface area contributed by atoms with Gasteiger partial charge < -0.3 is 15.4 Å². The maximum Gasteiger partial charge on any atom is 0.319 e. The van der Waals surface area contributed by atoms with E-state index in [-0.39, 0.29) is 6.03 Å². The lowest BCUT2D eigenvalue weighted by molar-refractivity contribution is 0.247. The molecule has 2 amide bonds. The summed E-state index contributed by atoms with van der Waals surface area (Å²) in [5.74, 6) is 0.779. The van der Waals surface area contributed by atoms with Crippen molar-refractivity contribution in [3.8, 4) is 5.75 Å². The first-order valence-corrected chi connectivity index (χ1v) is 7.99. The van der Waals surface area contributed by atoms with E-state index in [0.29, 0.717) is 13.2 Å². The normalized spacial score (nSPS) is 10.1. The van der Waals surface area contributed by atoms with E-state index in [2.05, 4.69) is 33.5 Å². The quantitative estimate of drug-likeness (QED) is 0.756. The first kappa shape index (κ1) is 16.4. The molecule has 22 heavy (non-hydrogen) atoms. The number of ether oxygens (including phenoxy) is 1. The largest absolute Gasteiger partial charge is 0.492 e. The van der Waals surface area contributed by atoms with Crippen LogP contribution in [0.4, 0.5) is 10.5 Å². The van der Waals surface area contributed by atoms with Gasteiger partial charge in [0.1, 0.15) is 12.4 Å². The Bertz CT molecular complexity index is 614. The smallest absolute Gasteiger partial charge is 0.319 e. The number of hydrogen-bond donors (Lipinski definition) is 2. The highest BCUT2D eigenvalue weighted by Crippen LogP contribution is 2.16. The Morgan fingerprint density at radius 2 is 1.86 bits per heavy atom. The third-order valence-corrected chi connectivity index (χ3v) is 3.65. The van der Waals surface area contributed by atoms with Crippen molar-refractivity contribution in [3.05, 3.63) is 58.6 Å². The summed E-state index contributed by atoms with van der Waals surface area (Å²) in [6.07, 6.45) is 0.878. The van der Waals surface area contributed by atoms with Crippen molar-refractivity contribution in [2.75, 3.05) is 18.5 Å². The molecule has 0 aromatic heterocycles. The molecule has 0 bridgehead atoms.